The Morgan fingerprint density at radius 2 is 2.00 bits per heavy atom. The van der Waals surface area contributed by atoms with E-state index in [-0.39, 0.29) is 6.10 Å². The quantitative estimate of drug-likeness (QED) is 0.688. The van der Waals surface area contributed by atoms with Gasteiger partial charge in [0.15, 0.2) is 0 Å². The van der Waals surface area contributed by atoms with E-state index < -0.39 is 8.32 Å². The van der Waals surface area contributed by atoms with Gasteiger partial charge in [0, 0.05) is 0 Å². The molecule has 0 aliphatic carbocycles. The second-order valence-corrected chi connectivity index (χ2v) is 9.18. The fraction of sp³-hybridized carbons (Fsp3) is 0.833. The van der Waals surface area contributed by atoms with Gasteiger partial charge in [-0.3, -0.25) is 0 Å². The first kappa shape index (κ1) is 14.0. The van der Waals surface area contributed by atoms with E-state index in [0.717, 1.165) is 19.3 Å². The molecule has 0 bridgehead atoms. The number of allylic oxidation sites excluding steroid dienone is 2. The van der Waals surface area contributed by atoms with E-state index in [0.29, 0.717) is 6.92 Å². The van der Waals surface area contributed by atoms with Crippen molar-refractivity contribution in [1.29, 1.82) is 0 Å². The van der Waals surface area contributed by atoms with Gasteiger partial charge in [0.1, 0.15) is 0 Å². The van der Waals surface area contributed by atoms with E-state index >= 15 is 0 Å². The molecule has 0 aromatic rings. The van der Waals surface area contributed by atoms with Gasteiger partial charge in [0.25, 0.3) is 0 Å². The third kappa shape index (κ3) is 2.99. The van der Waals surface area contributed by atoms with Crippen LogP contribution in [0.1, 0.15) is 34.1 Å². The van der Waals surface area contributed by atoms with Crippen LogP contribution in [0.2, 0.25) is 19.4 Å². The van der Waals surface area contributed by atoms with Gasteiger partial charge in [-0.25, -0.2) is 0 Å². The van der Waals surface area contributed by atoms with Crippen LogP contribution in [0.4, 0.5) is 0 Å². The largest absolute Gasteiger partial charge is 0.429 e. The molecule has 4 heteroatoms. The average molecular weight is 240 g/mol. The topological polar surface area (TPSA) is 18.5 Å². The van der Waals surface area contributed by atoms with Crippen molar-refractivity contribution in [3.63, 3.8) is 0 Å². The fourth-order valence-electron chi connectivity index (χ4n) is 2.46. The van der Waals surface area contributed by atoms with Crippen LogP contribution < -0.4 is 0 Å². The molecule has 0 aromatic heterocycles. The van der Waals surface area contributed by atoms with Gasteiger partial charge >= 0.3 is 6.92 Å². The van der Waals surface area contributed by atoms with E-state index in [1.807, 2.05) is 0 Å². The Kier molecular flexibility index (Phi) is 4.83. The Morgan fingerprint density at radius 1 is 1.38 bits per heavy atom. The summed E-state index contributed by atoms with van der Waals surface area (Å²) in [5.41, 5.74) is 1.48. The summed E-state index contributed by atoms with van der Waals surface area (Å²) in [6.07, 6.45) is 2.38. The van der Waals surface area contributed by atoms with Crippen molar-refractivity contribution in [2.75, 3.05) is 6.61 Å². The first-order valence-corrected chi connectivity index (χ1v) is 9.32. The SMILES string of the molecule is CCB1OCC(C)O[Si](C)(C)/C(C)=C\1CC. The molecule has 1 unspecified atom stereocenters. The molecular formula is C12H25BO2Si. The van der Waals surface area contributed by atoms with Gasteiger partial charge in [-0.1, -0.05) is 24.5 Å². The zero-order valence-corrected chi connectivity index (χ0v) is 12.6. The molecule has 16 heavy (non-hydrogen) atoms. The standard InChI is InChI=1S/C12H25BO2Si/c1-7-12-11(4)16(5,6)15-10(3)9-14-13(12)8-2/h10H,7-9H2,1-6H3/b12-11-. The lowest BCUT2D eigenvalue weighted by molar-refractivity contribution is 0.135. The smallest absolute Gasteiger partial charge is 0.322 e. The molecule has 0 saturated heterocycles. The Labute approximate surface area is 102 Å². The molecule has 1 aliphatic rings. The van der Waals surface area contributed by atoms with Crippen molar-refractivity contribution in [2.45, 2.75) is 59.6 Å². The van der Waals surface area contributed by atoms with Crippen LogP contribution in [0.15, 0.2) is 10.7 Å². The molecule has 0 amide bonds. The van der Waals surface area contributed by atoms with Crippen molar-refractivity contribution in [2.24, 2.45) is 0 Å². The maximum Gasteiger partial charge on any atom is 0.322 e. The maximum atomic E-state index is 6.17. The third-order valence-electron chi connectivity index (χ3n) is 3.55. The normalized spacial score (nSPS) is 31.1. The predicted octanol–water partition coefficient (Wildman–Crippen LogP) is 3.44. The summed E-state index contributed by atoms with van der Waals surface area (Å²) in [6.45, 7) is 14.4. The summed E-state index contributed by atoms with van der Waals surface area (Å²) in [5, 5.41) is 1.48. The van der Waals surface area contributed by atoms with Gasteiger partial charge in [-0.15, -0.1) is 0 Å². The highest BCUT2D eigenvalue weighted by Crippen LogP contribution is 2.28. The zero-order chi connectivity index (χ0) is 12.3. The van der Waals surface area contributed by atoms with Crippen molar-refractivity contribution in [3.8, 4) is 0 Å². The first-order chi connectivity index (χ1) is 7.42. The van der Waals surface area contributed by atoms with E-state index in [9.17, 15) is 0 Å². The Bertz CT molecular complexity index is 276. The second kappa shape index (κ2) is 5.52. The second-order valence-electron chi connectivity index (χ2n) is 5.17. The van der Waals surface area contributed by atoms with Crippen LogP contribution in [0.25, 0.3) is 0 Å². The predicted molar refractivity (Wildman–Crippen MR) is 73.2 cm³/mol. The summed E-state index contributed by atoms with van der Waals surface area (Å²) < 4.78 is 12.1. The van der Waals surface area contributed by atoms with Gasteiger partial charge in [-0.2, -0.15) is 0 Å². The molecule has 0 aromatic carbocycles. The summed E-state index contributed by atoms with van der Waals surface area (Å²) in [6, 6.07) is 0. The van der Waals surface area contributed by atoms with Gasteiger partial charge < -0.3 is 9.08 Å². The van der Waals surface area contributed by atoms with Crippen LogP contribution in [-0.4, -0.2) is 27.9 Å². The van der Waals surface area contributed by atoms with E-state index in [1.54, 1.807) is 0 Å². The Hall–Kier alpha value is -0.0582. The lowest BCUT2D eigenvalue weighted by Crippen LogP contribution is -2.43. The Morgan fingerprint density at radius 3 is 2.50 bits per heavy atom. The number of hydrogen-bond acceptors (Lipinski definition) is 2. The van der Waals surface area contributed by atoms with Crippen LogP contribution in [-0.2, 0) is 9.08 Å². The molecule has 2 nitrogen and oxygen atoms in total. The van der Waals surface area contributed by atoms with Crippen molar-refractivity contribution >= 4 is 15.2 Å². The average Bonchev–Trinajstić information content (AvgIpc) is 2.21. The Balaban J connectivity index is 3.10. The molecule has 0 fully saturated rings. The lowest BCUT2D eigenvalue weighted by atomic mass is 9.57. The van der Waals surface area contributed by atoms with E-state index in [2.05, 4.69) is 40.8 Å². The van der Waals surface area contributed by atoms with Crippen LogP contribution in [0.3, 0.4) is 0 Å². The van der Waals surface area contributed by atoms with E-state index in [1.165, 1.54) is 10.7 Å². The molecule has 0 saturated carbocycles. The van der Waals surface area contributed by atoms with Crippen LogP contribution in [0, 0.1) is 0 Å². The summed E-state index contributed by atoms with van der Waals surface area (Å²) >= 11 is 0. The number of hydrogen-bond donors (Lipinski definition) is 0. The van der Waals surface area contributed by atoms with Gasteiger partial charge in [0.05, 0.1) is 12.7 Å². The maximum absolute atomic E-state index is 6.17. The fourth-order valence-corrected chi connectivity index (χ4v) is 4.82. The highest BCUT2D eigenvalue weighted by molar-refractivity contribution is 6.80. The van der Waals surface area contributed by atoms with Crippen molar-refractivity contribution < 1.29 is 9.08 Å². The molecule has 1 rings (SSSR count). The minimum Gasteiger partial charge on any atom is -0.429 e. The molecule has 0 spiro atoms. The highest BCUT2D eigenvalue weighted by atomic mass is 28.4. The molecule has 0 N–H and O–H groups in total. The number of rotatable bonds is 2. The summed E-state index contributed by atoms with van der Waals surface area (Å²) in [4.78, 5) is 0. The zero-order valence-electron chi connectivity index (χ0n) is 11.6. The molecule has 92 valence electrons. The van der Waals surface area contributed by atoms with Crippen LogP contribution >= 0.6 is 0 Å². The van der Waals surface area contributed by atoms with Gasteiger partial charge in [0.2, 0.25) is 8.32 Å². The van der Waals surface area contributed by atoms with Gasteiger partial charge in [-0.05, 0) is 39.7 Å². The third-order valence-corrected chi connectivity index (χ3v) is 6.67. The van der Waals surface area contributed by atoms with E-state index in [4.69, 9.17) is 9.08 Å². The molecule has 1 atom stereocenters. The van der Waals surface area contributed by atoms with Crippen LogP contribution in [0.5, 0.6) is 0 Å². The molecular weight excluding hydrogens is 215 g/mol. The monoisotopic (exact) mass is 240 g/mol. The minimum atomic E-state index is -1.68. The molecule has 1 aliphatic heterocycles. The minimum absolute atomic E-state index is 0.226. The lowest BCUT2D eigenvalue weighted by Gasteiger charge is -2.34. The summed E-state index contributed by atoms with van der Waals surface area (Å²) in [7, 11) is -1.68. The summed E-state index contributed by atoms with van der Waals surface area (Å²) in [5.74, 6) is 0. The van der Waals surface area contributed by atoms with Crippen molar-refractivity contribution in [1.82, 2.24) is 0 Å². The molecule has 1 heterocycles. The molecule has 0 radical (unpaired) electrons. The highest BCUT2D eigenvalue weighted by Gasteiger charge is 2.34. The first-order valence-electron chi connectivity index (χ1n) is 6.41. The van der Waals surface area contributed by atoms with Crippen molar-refractivity contribution in [3.05, 3.63) is 10.7 Å².